The number of carbonyl (C=O) groups excluding carboxylic acids is 1. The van der Waals surface area contributed by atoms with Gasteiger partial charge >= 0.3 is 6.03 Å². The van der Waals surface area contributed by atoms with Crippen LogP contribution in [0.5, 0.6) is 0 Å². The fraction of sp³-hybridized carbons (Fsp3) is 0.278. The van der Waals surface area contributed by atoms with E-state index in [4.69, 9.17) is 0 Å². The molecule has 7 heteroatoms. The number of hydrogen-bond donors (Lipinski definition) is 3. The minimum Gasteiger partial charge on any atom is -0.338 e. The fourth-order valence-electron chi connectivity index (χ4n) is 2.11. The molecule has 6 nitrogen and oxygen atoms in total. The van der Waals surface area contributed by atoms with E-state index in [-0.39, 0.29) is 10.9 Å². The molecule has 0 unspecified atom stereocenters. The second kappa shape index (κ2) is 8.02. The third-order valence-corrected chi connectivity index (χ3v) is 4.76. The van der Waals surface area contributed by atoms with Crippen LogP contribution in [0.15, 0.2) is 53.4 Å². The zero-order valence-electron chi connectivity index (χ0n) is 14.5. The van der Waals surface area contributed by atoms with Crippen molar-refractivity contribution < 1.29 is 13.2 Å². The number of sulfonamides is 1. The molecule has 0 aromatic heterocycles. The Bertz CT molecular complexity index is 831. The zero-order chi connectivity index (χ0) is 18.4. The van der Waals surface area contributed by atoms with Gasteiger partial charge in [-0.1, -0.05) is 26.0 Å². The first-order valence-electron chi connectivity index (χ1n) is 8.00. The summed E-state index contributed by atoms with van der Waals surface area (Å²) < 4.78 is 27.4. The molecule has 0 aliphatic carbocycles. The van der Waals surface area contributed by atoms with E-state index in [1.54, 1.807) is 30.3 Å². The van der Waals surface area contributed by atoms with E-state index >= 15 is 0 Å². The molecule has 0 bridgehead atoms. The van der Waals surface area contributed by atoms with Gasteiger partial charge in [-0.05, 0) is 54.8 Å². The van der Waals surface area contributed by atoms with E-state index in [0.717, 1.165) is 5.56 Å². The second-order valence-electron chi connectivity index (χ2n) is 6.23. The van der Waals surface area contributed by atoms with Crippen molar-refractivity contribution in [3.8, 4) is 0 Å². The number of aryl methyl sites for hydroxylation is 1. The standard InChI is InChI=1S/C18H23N3O3S/c1-13(2)12-19-18(22)20-15-7-9-17(10-8-15)25(23,24)21-16-6-4-5-14(3)11-16/h4-11,13,21H,12H2,1-3H3,(H2,19,20,22). The lowest BCUT2D eigenvalue weighted by Crippen LogP contribution is -2.31. The Morgan fingerprint density at radius 3 is 2.32 bits per heavy atom. The average molecular weight is 361 g/mol. The van der Waals surface area contributed by atoms with Crippen molar-refractivity contribution in [3.05, 3.63) is 54.1 Å². The molecular formula is C18H23N3O3S. The topological polar surface area (TPSA) is 87.3 Å². The van der Waals surface area contributed by atoms with E-state index in [1.165, 1.54) is 12.1 Å². The summed E-state index contributed by atoms with van der Waals surface area (Å²) in [5.41, 5.74) is 2.00. The van der Waals surface area contributed by atoms with Crippen LogP contribution in [-0.2, 0) is 10.0 Å². The summed E-state index contributed by atoms with van der Waals surface area (Å²) in [5.74, 6) is 0.353. The normalized spacial score (nSPS) is 11.2. The van der Waals surface area contributed by atoms with E-state index < -0.39 is 10.0 Å². The third kappa shape index (κ3) is 5.79. The number of nitrogens with one attached hydrogen (secondary N) is 3. The molecule has 0 aliphatic rings. The first kappa shape index (κ1) is 18.8. The molecule has 3 N–H and O–H groups in total. The summed E-state index contributed by atoms with van der Waals surface area (Å²) in [6, 6.07) is 12.8. The van der Waals surface area contributed by atoms with Crippen LogP contribution in [0.2, 0.25) is 0 Å². The van der Waals surface area contributed by atoms with Gasteiger partial charge in [-0.3, -0.25) is 4.72 Å². The van der Waals surface area contributed by atoms with Crippen LogP contribution in [0.25, 0.3) is 0 Å². The Balaban J connectivity index is 2.04. The van der Waals surface area contributed by atoms with Crippen molar-refractivity contribution in [3.63, 3.8) is 0 Å². The molecular weight excluding hydrogens is 338 g/mol. The monoisotopic (exact) mass is 361 g/mol. The Morgan fingerprint density at radius 2 is 1.72 bits per heavy atom. The molecule has 134 valence electrons. The lowest BCUT2D eigenvalue weighted by atomic mass is 10.2. The fourth-order valence-corrected chi connectivity index (χ4v) is 3.16. The smallest absolute Gasteiger partial charge is 0.319 e. The van der Waals surface area contributed by atoms with Gasteiger partial charge in [0.2, 0.25) is 0 Å². The van der Waals surface area contributed by atoms with Gasteiger partial charge in [-0.25, -0.2) is 13.2 Å². The molecule has 0 atom stereocenters. The number of carbonyl (C=O) groups is 1. The SMILES string of the molecule is Cc1cccc(NS(=O)(=O)c2ccc(NC(=O)NCC(C)C)cc2)c1. The van der Waals surface area contributed by atoms with Crippen LogP contribution >= 0.6 is 0 Å². The quantitative estimate of drug-likeness (QED) is 0.735. The van der Waals surface area contributed by atoms with Crippen LogP contribution in [0.3, 0.4) is 0 Å². The maximum Gasteiger partial charge on any atom is 0.319 e. The predicted octanol–water partition coefficient (Wildman–Crippen LogP) is 3.57. The predicted molar refractivity (Wildman–Crippen MR) is 100 cm³/mol. The summed E-state index contributed by atoms with van der Waals surface area (Å²) >= 11 is 0. The van der Waals surface area contributed by atoms with E-state index in [0.29, 0.717) is 23.8 Å². The number of hydrogen-bond acceptors (Lipinski definition) is 3. The summed E-state index contributed by atoms with van der Waals surface area (Å²) in [6.45, 7) is 6.46. The van der Waals surface area contributed by atoms with Gasteiger partial charge in [-0.15, -0.1) is 0 Å². The van der Waals surface area contributed by atoms with E-state index in [2.05, 4.69) is 15.4 Å². The number of amides is 2. The number of benzene rings is 2. The molecule has 2 rings (SSSR count). The average Bonchev–Trinajstić information content (AvgIpc) is 2.53. The minimum atomic E-state index is -3.68. The van der Waals surface area contributed by atoms with Gasteiger partial charge in [0.15, 0.2) is 0 Å². The lowest BCUT2D eigenvalue weighted by Gasteiger charge is -2.11. The van der Waals surface area contributed by atoms with Crippen LogP contribution < -0.4 is 15.4 Å². The highest BCUT2D eigenvalue weighted by Crippen LogP contribution is 2.19. The molecule has 0 aliphatic heterocycles. The molecule has 0 fully saturated rings. The second-order valence-corrected chi connectivity index (χ2v) is 7.91. The van der Waals surface area contributed by atoms with E-state index in [9.17, 15) is 13.2 Å². The van der Waals surface area contributed by atoms with E-state index in [1.807, 2.05) is 26.8 Å². The van der Waals surface area contributed by atoms with Crippen LogP contribution in [0.1, 0.15) is 19.4 Å². The number of rotatable bonds is 6. The highest BCUT2D eigenvalue weighted by Gasteiger charge is 2.14. The van der Waals surface area contributed by atoms with Gasteiger partial charge in [0, 0.05) is 17.9 Å². The molecule has 0 radical (unpaired) electrons. The highest BCUT2D eigenvalue weighted by molar-refractivity contribution is 7.92. The molecule has 0 spiro atoms. The molecule has 2 amide bonds. The van der Waals surface area contributed by atoms with Crippen molar-refractivity contribution in [2.75, 3.05) is 16.6 Å². The Hall–Kier alpha value is -2.54. The first-order valence-corrected chi connectivity index (χ1v) is 9.49. The summed E-state index contributed by atoms with van der Waals surface area (Å²) in [6.07, 6.45) is 0. The molecule has 0 heterocycles. The molecule has 0 saturated heterocycles. The number of urea groups is 1. The van der Waals surface area contributed by atoms with Crippen LogP contribution in [0, 0.1) is 12.8 Å². The molecule has 25 heavy (non-hydrogen) atoms. The van der Waals surface area contributed by atoms with Gasteiger partial charge in [-0.2, -0.15) is 0 Å². The van der Waals surface area contributed by atoms with Crippen molar-refractivity contribution >= 4 is 27.4 Å². The molecule has 2 aromatic carbocycles. The summed E-state index contributed by atoms with van der Waals surface area (Å²) in [5, 5.41) is 5.40. The van der Waals surface area contributed by atoms with Gasteiger partial charge in [0.05, 0.1) is 4.90 Å². The van der Waals surface area contributed by atoms with Crippen molar-refractivity contribution in [1.82, 2.24) is 5.32 Å². The third-order valence-electron chi connectivity index (χ3n) is 3.36. The lowest BCUT2D eigenvalue weighted by molar-refractivity contribution is 0.251. The Morgan fingerprint density at radius 1 is 1.04 bits per heavy atom. The number of anilines is 2. The maximum atomic E-state index is 12.4. The Labute approximate surface area is 148 Å². The summed E-state index contributed by atoms with van der Waals surface area (Å²) in [4.78, 5) is 11.8. The van der Waals surface area contributed by atoms with Gasteiger partial charge < -0.3 is 10.6 Å². The highest BCUT2D eigenvalue weighted by atomic mass is 32.2. The van der Waals surface area contributed by atoms with Crippen LogP contribution in [-0.4, -0.2) is 21.0 Å². The summed E-state index contributed by atoms with van der Waals surface area (Å²) in [7, 11) is -3.68. The molecule has 0 saturated carbocycles. The first-order chi connectivity index (χ1) is 11.8. The Kier molecular flexibility index (Phi) is 6.03. The van der Waals surface area contributed by atoms with Crippen molar-refractivity contribution in [2.45, 2.75) is 25.7 Å². The van der Waals surface area contributed by atoms with Crippen LogP contribution in [0.4, 0.5) is 16.2 Å². The van der Waals surface area contributed by atoms with Crippen molar-refractivity contribution in [2.24, 2.45) is 5.92 Å². The van der Waals surface area contributed by atoms with Gasteiger partial charge in [0.1, 0.15) is 0 Å². The largest absolute Gasteiger partial charge is 0.338 e. The zero-order valence-corrected chi connectivity index (χ0v) is 15.4. The van der Waals surface area contributed by atoms with Crippen molar-refractivity contribution in [1.29, 1.82) is 0 Å². The maximum absolute atomic E-state index is 12.4. The molecule has 2 aromatic rings. The van der Waals surface area contributed by atoms with Gasteiger partial charge in [0.25, 0.3) is 10.0 Å². The minimum absolute atomic E-state index is 0.127.